The molecule has 9 heteroatoms. The highest BCUT2D eigenvalue weighted by molar-refractivity contribution is 6.30. The van der Waals surface area contributed by atoms with Gasteiger partial charge >= 0.3 is 6.18 Å². The second-order valence-electron chi connectivity index (χ2n) is 8.36. The van der Waals surface area contributed by atoms with E-state index in [0.29, 0.717) is 59.2 Å². The Bertz CT molecular complexity index is 1420. The zero-order valence-electron chi connectivity index (χ0n) is 19.0. The molecule has 0 unspecified atom stereocenters. The number of carbonyl (C=O) groups is 1. The van der Waals surface area contributed by atoms with E-state index in [1.54, 1.807) is 48.5 Å². The highest BCUT2D eigenvalue weighted by atomic mass is 35.5. The van der Waals surface area contributed by atoms with E-state index in [2.05, 4.69) is 10.3 Å². The van der Waals surface area contributed by atoms with E-state index in [1.165, 1.54) is 6.07 Å². The summed E-state index contributed by atoms with van der Waals surface area (Å²) in [5.41, 5.74) is 1.96. The molecule has 3 aromatic carbocycles. The molecule has 1 saturated heterocycles. The molecule has 1 amide bonds. The molecular weight excluding hydrogens is 491 g/mol. The van der Waals surface area contributed by atoms with E-state index in [-0.39, 0.29) is 5.69 Å². The number of rotatable bonds is 4. The smallest absolute Gasteiger partial charge is 0.378 e. The Morgan fingerprint density at radius 2 is 1.69 bits per heavy atom. The van der Waals surface area contributed by atoms with Gasteiger partial charge < -0.3 is 15.0 Å². The Kier molecular flexibility index (Phi) is 6.55. The first-order chi connectivity index (χ1) is 17.3. The van der Waals surface area contributed by atoms with Gasteiger partial charge in [0.2, 0.25) is 0 Å². The Morgan fingerprint density at radius 3 is 2.42 bits per heavy atom. The third-order valence-electron chi connectivity index (χ3n) is 6.02. The number of anilines is 2. The number of hydrogen-bond acceptors (Lipinski definition) is 4. The molecule has 1 aromatic heterocycles. The summed E-state index contributed by atoms with van der Waals surface area (Å²) < 4.78 is 45.9. The number of ether oxygens (including phenoxy) is 1. The van der Waals surface area contributed by atoms with E-state index >= 15 is 0 Å². The summed E-state index contributed by atoms with van der Waals surface area (Å²) in [7, 11) is 0. The number of nitrogens with zero attached hydrogens (tertiary/aromatic N) is 2. The minimum Gasteiger partial charge on any atom is -0.378 e. The van der Waals surface area contributed by atoms with Crippen LogP contribution in [0.2, 0.25) is 5.02 Å². The number of benzene rings is 3. The van der Waals surface area contributed by atoms with Crippen molar-refractivity contribution < 1.29 is 22.7 Å². The first kappa shape index (κ1) is 24.1. The number of amides is 1. The molecule has 1 fully saturated rings. The number of fused-ring (bicyclic) bond motifs is 1. The fourth-order valence-electron chi connectivity index (χ4n) is 4.21. The van der Waals surface area contributed by atoms with E-state index in [0.717, 1.165) is 17.7 Å². The standard InChI is InChI=1S/C27H21ClF3N3O2/c28-19-8-5-17(6-9-19)23-16-21(20-3-1-2-4-22(20)32-23)26(35)33-24-15-18(27(29,30)31)7-10-25(24)34-11-13-36-14-12-34/h1-10,15-16H,11-14H2,(H,33,35). The van der Waals surface area contributed by atoms with Gasteiger partial charge in [0.15, 0.2) is 0 Å². The molecule has 0 aliphatic carbocycles. The van der Waals surface area contributed by atoms with Crippen LogP contribution in [0.5, 0.6) is 0 Å². The summed E-state index contributed by atoms with van der Waals surface area (Å²) >= 11 is 6.01. The molecule has 184 valence electrons. The molecule has 1 aliphatic rings. The maximum atomic E-state index is 13.6. The lowest BCUT2D eigenvalue weighted by Crippen LogP contribution is -2.36. The average molecular weight is 512 g/mol. The van der Waals surface area contributed by atoms with Gasteiger partial charge in [0.05, 0.1) is 46.9 Å². The number of morpholine rings is 1. The van der Waals surface area contributed by atoms with Crippen molar-refractivity contribution in [2.45, 2.75) is 6.18 Å². The second kappa shape index (κ2) is 9.79. The van der Waals surface area contributed by atoms with Crippen LogP contribution in [0.1, 0.15) is 15.9 Å². The summed E-state index contributed by atoms with van der Waals surface area (Å²) in [6, 6.07) is 19.2. The second-order valence-corrected chi connectivity index (χ2v) is 8.80. The Balaban J connectivity index is 1.58. The minimum absolute atomic E-state index is 0.0886. The molecule has 0 spiro atoms. The average Bonchev–Trinajstić information content (AvgIpc) is 2.88. The molecule has 1 aliphatic heterocycles. The maximum absolute atomic E-state index is 13.6. The number of hydrogen-bond donors (Lipinski definition) is 1. The van der Waals surface area contributed by atoms with Crippen LogP contribution in [0.15, 0.2) is 72.8 Å². The molecule has 2 heterocycles. The quantitative estimate of drug-likeness (QED) is 0.333. The van der Waals surface area contributed by atoms with Gasteiger partial charge in [0.1, 0.15) is 0 Å². The van der Waals surface area contributed by atoms with Crippen molar-refractivity contribution in [2.75, 3.05) is 36.5 Å². The molecule has 0 bridgehead atoms. The largest absolute Gasteiger partial charge is 0.416 e. The van der Waals surface area contributed by atoms with Crippen LogP contribution in [0.3, 0.4) is 0 Å². The number of halogens is 4. The van der Waals surface area contributed by atoms with E-state index < -0.39 is 17.6 Å². The van der Waals surface area contributed by atoms with Gasteiger partial charge in [-0.15, -0.1) is 0 Å². The lowest BCUT2D eigenvalue weighted by atomic mass is 10.0. The molecule has 4 aromatic rings. The zero-order valence-corrected chi connectivity index (χ0v) is 19.7. The van der Waals surface area contributed by atoms with Crippen molar-refractivity contribution in [3.63, 3.8) is 0 Å². The zero-order chi connectivity index (χ0) is 25.3. The molecule has 0 atom stereocenters. The van der Waals surface area contributed by atoms with Crippen molar-refractivity contribution in [2.24, 2.45) is 0 Å². The SMILES string of the molecule is O=C(Nc1cc(C(F)(F)F)ccc1N1CCOCC1)c1cc(-c2ccc(Cl)cc2)nc2ccccc12. The van der Waals surface area contributed by atoms with Gasteiger partial charge in [-0.05, 0) is 42.5 Å². The minimum atomic E-state index is -4.55. The van der Waals surface area contributed by atoms with E-state index in [4.69, 9.17) is 16.3 Å². The van der Waals surface area contributed by atoms with Gasteiger partial charge in [-0.3, -0.25) is 4.79 Å². The van der Waals surface area contributed by atoms with E-state index in [9.17, 15) is 18.0 Å². The highest BCUT2D eigenvalue weighted by Crippen LogP contribution is 2.36. The molecule has 5 nitrogen and oxygen atoms in total. The van der Waals surface area contributed by atoms with Crippen molar-refractivity contribution >= 4 is 39.8 Å². The number of alkyl halides is 3. The van der Waals surface area contributed by atoms with Crippen molar-refractivity contribution in [1.29, 1.82) is 0 Å². The van der Waals surface area contributed by atoms with Gasteiger partial charge in [-0.1, -0.05) is 41.9 Å². The molecular formula is C27H21ClF3N3O2. The van der Waals surface area contributed by atoms with Crippen LogP contribution in [0.4, 0.5) is 24.5 Å². The van der Waals surface area contributed by atoms with Crippen LogP contribution in [-0.4, -0.2) is 37.2 Å². The molecule has 36 heavy (non-hydrogen) atoms. The monoisotopic (exact) mass is 511 g/mol. The third kappa shape index (κ3) is 5.01. The predicted octanol–water partition coefficient (Wildman–Crippen LogP) is 6.66. The fraction of sp³-hybridized carbons (Fsp3) is 0.185. The number of aromatic nitrogens is 1. The van der Waals surface area contributed by atoms with Gasteiger partial charge in [0, 0.05) is 29.1 Å². The van der Waals surface area contributed by atoms with Gasteiger partial charge in [-0.2, -0.15) is 13.2 Å². The van der Waals surface area contributed by atoms with E-state index in [1.807, 2.05) is 11.0 Å². The summed E-state index contributed by atoms with van der Waals surface area (Å²) in [6.07, 6.45) is -4.55. The van der Waals surface area contributed by atoms with Crippen LogP contribution < -0.4 is 10.2 Å². The number of para-hydroxylation sites is 1. The van der Waals surface area contributed by atoms with Crippen LogP contribution >= 0.6 is 11.6 Å². The first-order valence-electron chi connectivity index (χ1n) is 11.3. The van der Waals surface area contributed by atoms with Gasteiger partial charge in [0.25, 0.3) is 5.91 Å². The summed E-state index contributed by atoms with van der Waals surface area (Å²) in [4.78, 5) is 20.2. The molecule has 0 saturated carbocycles. The lowest BCUT2D eigenvalue weighted by molar-refractivity contribution is -0.137. The maximum Gasteiger partial charge on any atom is 0.416 e. The number of carbonyl (C=O) groups excluding carboxylic acids is 1. The summed E-state index contributed by atoms with van der Waals surface area (Å²) in [5, 5.41) is 3.90. The number of nitrogens with one attached hydrogen (secondary N) is 1. The summed E-state index contributed by atoms with van der Waals surface area (Å²) in [5.74, 6) is -0.530. The predicted molar refractivity (Wildman–Crippen MR) is 135 cm³/mol. The molecule has 1 N–H and O–H groups in total. The van der Waals surface area contributed by atoms with Crippen molar-refractivity contribution in [3.05, 3.63) is 88.9 Å². The van der Waals surface area contributed by atoms with Crippen molar-refractivity contribution in [1.82, 2.24) is 4.98 Å². The topological polar surface area (TPSA) is 54.5 Å². The van der Waals surface area contributed by atoms with Gasteiger partial charge in [-0.25, -0.2) is 4.98 Å². The Labute approximate surface area is 210 Å². The van der Waals surface area contributed by atoms with Crippen molar-refractivity contribution in [3.8, 4) is 11.3 Å². The third-order valence-corrected chi connectivity index (χ3v) is 6.28. The highest BCUT2D eigenvalue weighted by Gasteiger charge is 2.32. The van der Waals surface area contributed by atoms with Crippen LogP contribution in [-0.2, 0) is 10.9 Å². The van der Waals surface area contributed by atoms with Crippen LogP contribution in [0.25, 0.3) is 22.2 Å². The molecule has 0 radical (unpaired) electrons. The Hall–Kier alpha value is -3.62. The van der Waals surface area contributed by atoms with Crippen LogP contribution in [0, 0.1) is 0 Å². The lowest BCUT2D eigenvalue weighted by Gasteiger charge is -2.31. The normalized spacial score (nSPS) is 14.2. The fourth-order valence-corrected chi connectivity index (χ4v) is 4.34. The molecule has 5 rings (SSSR count). The Morgan fingerprint density at radius 1 is 0.972 bits per heavy atom. The summed E-state index contributed by atoms with van der Waals surface area (Å²) in [6.45, 7) is 1.92. The first-order valence-corrected chi connectivity index (χ1v) is 11.7. The number of pyridine rings is 1.